The minimum absolute atomic E-state index is 0.0569. The second-order valence-electron chi connectivity index (χ2n) is 6.22. The third-order valence-electron chi connectivity index (χ3n) is 4.91. The Kier molecular flexibility index (Phi) is 4.37. The van der Waals surface area contributed by atoms with Crippen molar-refractivity contribution in [1.82, 2.24) is 0 Å². The van der Waals surface area contributed by atoms with Crippen LogP contribution in [-0.2, 0) is 5.41 Å². The molecule has 2 aromatic rings. The average Bonchev–Trinajstić information content (AvgIpc) is 2.63. The number of methoxy groups -OCH3 is 1. The molecule has 0 radical (unpaired) electrons. The van der Waals surface area contributed by atoms with E-state index in [1.54, 1.807) is 12.1 Å². The number of carbonyl (C=O) groups is 1. The predicted molar refractivity (Wildman–Crippen MR) is 90.2 cm³/mol. The van der Waals surface area contributed by atoms with Crippen LogP contribution < -0.4 is 4.74 Å². The van der Waals surface area contributed by atoms with E-state index in [1.807, 2.05) is 18.2 Å². The quantitative estimate of drug-likeness (QED) is 0.847. The van der Waals surface area contributed by atoms with Gasteiger partial charge in [-0.25, -0.2) is 0 Å². The number of benzene rings is 2. The van der Waals surface area contributed by atoms with Crippen LogP contribution in [0.1, 0.15) is 48.0 Å². The van der Waals surface area contributed by atoms with Crippen molar-refractivity contribution < 1.29 is 14.6 Å². The van der Waals surface area contributed by atoms with Crippen molar-refractivity contribution in [3.05, 3.63) is 59.7 Å². The molecule has 0 aromatic heterocycles. The van der Waals surface area contributed by atoms with E-state index < -0.39 is 5.41 Å². The maximum atomic E-state index is 13.4. The monoisotopic (exact) mass is 310 g/mol. The summed E-state index contributed by atoms with van der Waals surface area (Å²) >= 11 is 0. The molecule has 1 aliphatic carbocycles. The van der Waals surface area contributed by atoms with Crippen LogP contribution >= 0.6 is 0 Å². The molecule has 0 heterocycles. The third-order valence-corrected chi connectivity index (χ3v) is 4.91. The topological polar surface area (TPSA) is 46.5 Å². The zero-order valence-electron chi connectivity index (χ0n) is 13.4. The fourth-order valence-corrected chi connectivity index (χ4v) is 3.65. The van der Waals surface area contributed by atoms with Gasteiger partial charge < -0.3 is 9.84 Å². The zero-order chi connectivity index (χ0) is 16.3. The summed E-state index contributed by atoms with van der Waals surface area (Å²) in [5.74, 6) is 0.526. The highest BCUT2D eigenvalue weighted by atomic mass is 16.5. The number of Topliss-reactive ketones (excluding diaryl/α,β-unsaturated/α-hetero) is 1. The lowest BCUT2D eigenvalue weighted by Crippen LogP contribution is -2.38. The van der Waals surface area contributed by atoms with Crippen molar-refractivity contribution in [1.29, 1.82) is 0 Å². The van der Waals surface area contributed by atoms with Crippen LogP contribution in [-0.4, -0.2) is 18.0 Å². The van der Waals surface area contributed by atoms with Gasteiger partial charge in [0.2, 0.25) is 0 Å². The number of ketones is 1. The van der Waals surface area contributed by atoms with Gasteiger partial charge in [-0.3, -0.25) is 4.79 Å². The Bertz CT molecular complexity index is 685. The molecule has 1 N–H and O–H groups in total. The second kappa shape index (κ2) is 6.45. The first-order chi connectivity index (χ1) is 11.2. The summed E-state index contributed by atoms with van der Waals surface area (Å²) in [7, 11) is 1.50. The minimum Gasteiger partial charge on any atom is -0.504 e. The first-order valence-corrected chi connectivity index (χ1v) is 8.15. The summed E-state index contributed by atoms with van der Waals surface area (Å²) in [5.41, 5.74) is 1.24. The highest BCUT2D eigenvalue weighted by Crippen LogP contribution is 2.42. The molecule has 2 aromatic carbocycles. The molecule has 1 fully saturated rings. The standard InChI is InChI=1S/C20H22O3/c1-23-18-14-15(10-11-17(18)21)19(22)20(12-6-3-7-13-20)16-8-4-2-5-9-16/h2,4-5,8-11,14,21H,3,6-7,12-13H2,1H3. The fourth-order valence-electron chi connectivity index (χ4n) is 3.65. The molecule has 0 amide bonds. The maximum Gasteiger partial charge on any atom is 0.173 e. The molecule has 120 valence electrons. The molecule has 3 rings (SSSR count). The molecule has 0 atom stereocenters. The summed E-state index contributed by atoms with van der Waals surface area (Å²) < 4.78 is 5.16. The number of carbonyl (C=O) groups excluding carboxylic acids is 1. The molecule has 0 aliphatic heterocycles. The molecule has 3 heteroatoms. The Morgan fingerprint density at radius 1 is 1.04 bits per heavy atom. The van der Waals surface area contributed by atoms with Gasteiger partial charge in [-0.1, -0.05) is 49.6 Å². The summed E-state index contributed by atoms with van der Waals surface area (Å²) in [6.07, 6.45) is 5.06. The molecule has 1 saturated carbocycles. The molecule has 23 heavy (non-hydrogen) atoms. The van der Waals surface area contributed by atoms with Crippen LogP contribution in [0.4, 0.5) is 0 Å². The lowest BCUT2D eigenvalue weighted by Gasteiger charge is -2.36. The van der Waals surface area contributed by atoms with Crippen LogP contribution in [0.15, 0.2) is 48.5 Å². The summed E-state index contributed by atoms with van der Waals surface area (Å²) in [4.78, 5) is 13.4. The van der Waals surface area contributed by atoms with Gasteiger partial charge in [0, 0.05) is 5.56 Å². The van der Waals surface area contributed by atoms with Gasteiger partial charge in [0.05, 0.1) is 12.5 Å². The van der Waals surface area contributed by atoms with E-state index in [-0.39, 0.29) is 11.5 Å². The van der Waals surface area contributed by atoms with Gasteiger partial charge in [-0.2, -0.15) is 0 Å². The van der Waals surface area contributed by atoms with Crippen LogP contribution in [0.25, 0.3) is 0 Å². The van der Waals surface area contributed by atoms with Crippen molar-refractivity contribution in [3.8, 4) is 11.5 Å². The molecule has 1 aliphatic rings. The van der Waals surface area contributed by atoms with Crippen molar-refractivity contribution in [3.63, 3.8) is 0 Å². The number of phenolic OH excluding ortho intramolecular Hbond substituents is 1. The number of rotatable bonds is 4. The van der Waals surface area contributed by atoms with Gasteiger partial charge in [-0.05, 0) is 36.6 Å². The second-order valence-corrected chi connectivity index (χ2v) is 6.22. The summed E-state index contributed by atoms with van der Waals surface area (Å²) in [5, 5.41) is 9.77. The summed E-state index contributed by atoms with van der Waals surface area (Å²) in [6.45, 7) is 0. The van der Waals surface area contributed by atoms with E-state index in [0.717, 1.165) is 31.2 Å². The fraction of sp³-hybridized carbons (Fsp3) is 0.350. The van der Waals surface area contributed by atoms with Crippen LogP contribution in [0.2, 0.25) is 0 Å². The van der Waals surface area contributed by atoms with E-state index in [9.17, 15) is 9.90 Å². The van der Waals surface area contributed by atoms with Crippen molar-refractivity contribution in [2.45, 2.75) is 37.5 Å². The lowest BCUT2D eigenvalue weighted by molar-refractivity contribution is 0.0839. The molecule has 0 spiro atoms. The Labute approximate surface area is 136 Å². The smallest absolute Gasteiger partial charge is 0.173 e. The van der Waals surface area contributed by atoms with E-state index in [2.05, 4.69) is 12.1 Å². The first-order valence-electron chi connectivity index (χ1n) is 8.15. The van der Waals surface area contributed by atoms with E-state index in [1.165, 1.54) is 19.6 Å². The summed E-state index contributed by atoms with van der Waals surface area (Å²) in [6, 6.07) is 15.0. The van der Waals surface area contributed by atoms with E-state index in [4.69, 9.17) is 4.74 Å². The number of phenols is 1. The molecule has 0 saturated heterocycles. The number of hydrogen-bond donors (Lipinski definition) is 1. The number of ether oxygens (including phenoxy) is 1. The van der Waals surface area contributed by atoms with Gasteiger partial charge >= 0.3 is 0 Å². The average molecular weight is 310 g/mol. The van der Waals surface area contributed by atoms with Crippen LogP contribution in [0, 0.1) is 0 Å². The number of hydrogen-bond acceptors (Lipinski definition) is 3. The van der Waals surface area contributed by atoms with E-state index >= 15 is 0 Å². The van der Waals surface area contributed by atoms with Gasteiger partial charge in [0.25, 0.3) is 0 Å². The Morgan fingerprint density at radius 2 is 1.74 bits per heavy atom. The van der Waals surface area contributed by atoms with Crippen LogP contribution in [0.3, 0.4) is 0 Å². The van der Waals surface area contributed by atoms with Gasteiger partial charge in [-0.15, -0.1) is 0 Å². The Morgan fingerprint density at radius 3 is 2.39 bits per heavy atom. The largest absolute Gasteiger partial charge is 0.504 e. The highest BCUT2D eigenvalue weighted by molar-refractivity contribution is 6.04. The molecular formula is C20H22O3. The third kappa shape index (κ3) is 2.83. The zero-order valence-corrected chi connectivity index (χ0v) is 13.4. The lowest BCUT2D eigenvalue weighted by atomic mass is 9.65. The van der Waals surface area contributed by atoms with Crippen molar-refractivity contribution >= 4 is 5.78 Å². The van der Waals surface area contributed by atoms with E-state index in [0.29, 0.717) is 11.3 Å². The SMILES string of the molecule is COc1cc(C(=O)C2(c3ccccc3)CCCCC2)ccc1O. The van der Waals surface area contributed by atoms with Gasteiger partial charge in [0.15, 0.2) is 17.3 Å². The van der Waals surface area contributed by atoms with Gasteiger partial charge in [0.1, 0.15) is 0 Å². The Hall–Kier alpha value is -2.29. The first kappa shape index (κ1) is 15.6. The Balaban J connectivity index is 2.05. The highest BCUT2D eigenvalue weighted by Gasteiger charge is 2.41. The molecule has 3 nitrogen and oxygen atoms in total. The predicted octanol–water partition coefficient (Wildman–Crippen LogP) is 4.49. The number of aromatic hydroxyl groups is 1. The molecular weight excluding hydrogens is 288 g/mol. The van der Waals surface area contributed by atoms with Crippen LogP contribution in [0.5, 0.6) is 11.5 Å². The molecule has 0 unspecified atom stereocenters. The normalized spacial score (nSPS) is 16.7. The minimum atomic E-state index is -0.457. The van der Waals surface area contributed by atoms with Crippen molar-refractivity contribution in [2.75, 3.05) is 7.11 Å². The maximum absolute atomic E-state index is 13.4. The molecule has 0 bridgehead atoms. The van der Waals surface area contributed by atoms with Crippen molar-refractivity contribution in [2.24, 2.45) is 0 Å².